The maximum absolute atomic E-state index is 11.9. The standard InChI is InChI=1S/C12H14N4O/c13-5-4-11-8-16(9-15-11)12(17)7-10-3-1-2-6-14-10/h1-3,6,8-9H,4-5,7,13H2. The van der Waals surface area contributed by atoms with Gasteiger partial charge in [-0.15, -0.1) is 0 Å². The predicted octanol–water partition coefficient (Wildman–Crippen LogP) is 0.662. The molecule has 0 radical (unpaired) electrons. The first-order valence-corrected chi connectivity index (χ1v) is 5.45. The molecule has 2 rings (SSSR count). The molecule has 88 valence electrons. The quantitative estimate of drug-likeness (QED) is 0.837. The molecular formula is C12H14N4O. The number of carbonyl (C=O) groups excluding carboxylic acids is 1. The second-order valence-corrected chi connectivity index (χ2v) is 3.70. The van der Waals surface area contributed by atoms with Gasteiger partial charge >= 0.3 is 0 Å². The summed E-state index contributed by atoms with van der Waals surface area (Å²) in [6.07, 6.45) is 5.88. The molecule has 0 fully saturated rings. The molecule has 0 saturated heterocycles. The zero-order valence-corrected chi connectivity index (χ0v) is 9.41. The van der Waals surface area contributed by atoms with Crippen molar-refractivity contribution in [1.29, 1.82) is 0 Å². The minimum atomic E-state index is -0.0422. The van der Waals surface area contributed by atoms with E-state index in [2.05, 4.69) is 9.97 Å². The van der Waals surface area contributed by atoms with Gasteiger partial charge in [-0.3, -0.25) is 14.3 Å². The molecule has 0 bridgehead atoms. The van der Waals surface area contributed by atoms with Crippen molar-refractivity contribution < 1.29 is 4.79 Å². The van der Waals surface area contributed by atoms with E-state index < -0.39 is 0 Å². The van der Waals surface area contributed by atoms with Crippen LogP contribution >= 0.6 is 0 Å². The molecule has 0 atom stereocenters. The van der Waals surface area contributed by atoms with Crippen LogP contribution in [-0.2, 0) is 12.8 Å². The first kappa shape index (κ1) is 11.5. The van der Waals surface area contributed by atoms with Crippen LogP contribution in [0, 0.1) is 0 Å². The van der Waals surface area contributed by atoms with Gasteiger partial charge < -0.3 is 5.73 Å². The Hall–Kier alpha value is -2.01. The molecule has 2 aromatic rings. The van der Waals surface area contributed by atoms with Crippen LogP contribution in [0.5, 0.6) is 0 Å². The summed E-state index contributed by atoms with van der Waals surface area (Å²) < 4.78 is 1.49. The van der Waals surface area contributed by atoms with Crippen LogP contribution in [0.25, 0.3) is 0 Å². The number of nitrogens with two attached hydrogens (primary N) is 1. The predicted molar refractivity (Wildman–Crippen MR) is 63.6 cm³/mol. The van der Waals surface area contributed by atoms with E-state index in [-0.39, 0.29) is 12.3 Å². The molecule has 2 heterocycles. The molecule has 0 aliphatic heterocycles. The highest BCUT2D eigenvalue weighted by Crippen LogP contribution is 2.01. The van der Waals surface area contributed by atoms with Crippen LogP contribution in [0.1, 0.15) is 16.2 Å². The van der Waals surface area contributed by atoms with E-state index in [4.69, 9.17) is 5.73 Å². The smallest absolute Gasteiger partial charge is 0.237 e. The summed E-state index contributed by atoms with van der Waals surface area (Å²) in [5.41, 5.74) is 7.02. The van der Waals surface area contributed by atoms with Crippen LogP contribution < -0.4 is 5.73 Å². The molecule has 5 heteroatoms. The Morgan fingerprint density at radius 3 is 2.88 bits per heavy atom. The van der Waals surface area contributed by atoms with Gasteiger partial charge in [-0.05, 0) is 18.7 Å². The average molecular weight is 230 g/mol. The van der Waals surface area contributed by atoms with Crippen molar-refractivity contribution in [2.24, 2.45) is 5.73 Å². The topological polar surface area (TPSA) is 73.8 Å². The highest BCUT2D eigenvalue weighted by atomic mass is 16.2. The maximum Gasteiger partial charge on any atom is 0.237 e. The van der Waals surface area contributed by atoms with Gasteiger partial charge in [0.1, 0.15) is 6.33 Å². The molecule has 0 aliphatic rings. The van der Waals surface area contributed by atoms with Gasteiger partial charge in [-0.1, -0.05) is 6.07 Å². The fraction of sp³-hybridized carbons (Fsp3) is 0.250. The van der Waals surface area contributed by atoms with Crippen molar-refractivity contribution in [2.45, 2.75) is 12.8 Å². The fourth-order valence-electron chi connectivity index (χ4n) is 1.53. The molecule has 17 heavy (non-hydrogen) atoms. The summed E-state index contributed by atoms with van der Waals surface area (Å²) in [7, 11) is 0. The van der Waals surface area contributed by atoms with E-state index in [1.165, 1.54) is 10.9 Å². The second-order valence-electron chi connectivity index (χ2n) is 3.70. The van der Waals surface area contributed by atoms with Gasteiger partial charge in [-0.25, -0.2) is 4.98 Å². The van der Waals surface area contributed by atoms with E-state index in [0.29, 0.717) is 13.0 Å². The average Bonchev–Trinajstić information content (AvgIpc) is 2.79. The monoisotopic (exact) mass is 230 g/mol. The van der Waals surface area contributed by atoms with Crippen molar-refractivity contribution >= 4 is 5.91 Å². The Morgan fingerprint density at radius 1 is 1.29 bits per heavy atom. The molecular weight excluding hydrogens is 216 g/mol. The van der Waals surface area contributed by atoms with E-state index in [0.717, 1.165) is 11.4 Å². The Morgan fingerprint density at radius 2 is 2.18 bits per heavy atom. The number of aromatic nitrogens is 3. The van der Waals surface area contributed by atoms with Crippen molar-refractivity contribution in [3.05, 3.63) is 48.3 Å². The fourth-order valence-corrected chi connectivity index (χ4v) is 1.53. The second kappa shape index (κ2) is 5.36. The lowest BCUT2D eigenvalue weighted by Gasteiger charge is -2.00. The third-order valence-electron chi connectivity index (χ3n) is 2.38. The Balaban J connectivity index is 2.04. The maximum atomic E-state index is 11.9. The first-order chi connectivity index (χ1) is 8.29. The van der Waals surface area contributed by atoms with Crippen molar-refractivity contribution in [3.63, 3.8) is 0 Å². The van der Waals surface area contributed by atoms with Gasteiger partial charge in [0.05, 0.1) is 12.1 Å². The van der Waals surface area contributed by atoms with Crippen molar-refractivity contribution in [1.82, 2.24) is 14.5 Å². The summed E-state index contributed by atoms with van der Waals surface area (Å²) in [6, 6.07) is 5.52. The zero-order chi connectivity index (χ0) is 12.1. The Kier molecular flexibility index (Phi) is 3.62. The molecule has 0 spiro atoms. The van der Waals surface area contributed by atoms with E-state index in [1.54, 1.807) is 12.4 Å². The number of nitrogens with zero attached hydrogens (tertiary/aromatic N) is 3. The van der Waals surface area contributed by atoms with Crippen LogP contribution in [0.4, 0.5) is 0 Å². The van der Waals surface area contributed by atoms with Gasteiger partial charge in [0.25, 0.3) is 0 Å². The van der Waals surface area contributed by atoms with Crippen molar-refractivity contribution in [2.75, 3.05) is 6.54 Å². The van der Waals surface area contributed by atoms with Crippen molar-refractivity contribution in [3.8, 4) is 0 Å². The summed E-state index contributed by atoms with van der Waals surface area (Å²) in [6.45, 7) is 0.533. The lowest BCUT2D eigenvalue weighted by molar-refractivity contribution is 0.0912. The van der Waals surface area contributed by atoms with Gasteiger partial charge in [-0.2, -0.15) is 0 Å². The summed E-state index contributed by atoms with van der Waals surface area (Å²) in [4.78, 5) is 20.1. The van der Waals surface area contributed by atoms with E-state index >= 15 is 0 Å². The van der Waals surface area contributed by atoms with Crippen LogP contribution in [0.2, 0.25) is 0 Å². The summed E-state index contributed by atoms with van der Waals surface area (Å²) in [5, 5.41) is 0. The highest BCUT2D eigenvalue weighted by Gasteiger charge is 2.08. The molecule has 2 N–H and O–H groups in total. The third kappa shape index (κ3) is 2.98. The number of hydrogen-bond donors (Lipinski definition) is 1. The molecule has 0 unspecified atom stereocenters. The summed E-state index contributed by atoms with van der Waals surface area (Å²) in [5.74, 6) is -0.0422. The Bertz CT molecular complexity index is 492. The number of pyridine rings is 1. The lowest BCUT2D eigenvalue weighted by Crippen LogP contribution is -2.12. The minimum Gasteiger partial charge on any atom is -0.330 e. The number of rotatable bonds is 4. The van der Waals surface area contributed by atoms with E-state index in [1.807, 2.05) is 18.2 Å². The lowest BCUT2D eigenvalue weighted by atomic mass is 10.2. The largest absolute Gasteiger partial charge is 0.330 e. The van der Waals surface area contributed by atoms with Gasteiger partial charge in [0.15, 0.2) is 0 Å². The third-order valence-corrected chi connectivity index (χ3v) is 2.38. The number of carbonyl (C=O) groups is 1. The number of imidazole rings is 1. The number of hydrogen-bond acceptors (Lipinski definition) is 4. The Labute approximate surface area is 99.3 Å². The molecule has 5 nitrogen and oxygen atoms in total. The summed E-state index contributed by atoms with van der Waals surface area (Å²) >= 11 is 0. The molecule has 0 saturated carbocycles. The highest BCUT2D eigenvalue weighted by molar-refractivity contribution is 5.80. The van der Waals surface area contributed by atoms with Crippen LogP contribution in [0.15, 0.2) is 36.9 Å². The van der Waals surface area contributed by atoms with E-state index in [9.17, 15) is 4.79 Å². The minimum absolute atomic E-state index is 0.0422. The molecule has 0 aromatic carbocycles. The van der Waals surface area contributed by atoms with Crippen LogP contribution in [-0.4, -0.2) is 27.0 Å². The SMILES string of the molecule is NCCc1cn(C(=O)Cc2ccccn2)cn1. The molecule has 0 amide bonds. The van der Waals surface area contributed by atoms with Crippen LogP contribution in [0.3, 0.4) is 0 Å². The zero-order valence-electron chi connectivity index (χ0n) is 9.41. The van der Waals surface area contributed by atoms with Gasteiger partial charge in [0, 0.05) is 24.5 Å². The molecule has 2 aromatic heterocycles. The molecule has 0 aliphatic carbocycles. The van der Waals surface area contributed by atoms with Gasteiger partial charge in [0.2, 0.25) is 5.91 Å². The first-order valence-electron chi connectivity index (χ1n) is 5.45. The normalized spacial score (nSPS) is 10.4.